The van der Waals surface area contributed by atoms with Crippen LogP contribution in [0.3, 0.4) is 0 Å². The maximum absolute atomic E-state index is 5.07. The summed E-state index contributed by atoms with van der Waals surface area (Å²) in [4.78, 5) is 8.72. The lowest BCUT2D eigenvalue weighted by Gasteiger charge is -2.09. The standard InChI is InChI=1S/C12H20N4O/c1-4-13-12(14-5-2)15-9-10-7-6-8-11(16-10)17-3/h6-8H,4-5,9H2,1-3H3,(H2,13,14,15). The van der Waals surface area contributed by atoms with Crippen LogP contribution < -0.4 is 15.4 Å². The molecule has 0 aromatic carbocycles. The third kappa shape index (κ3) is 4.72. The highest BCUT2D eigenvalue weighted by Crippen LogP contribution is 2.07. The first kappa shape index (κ1) is 13.3. The van der Waals surface area contributed by atoms with Gasteiger partial charge in [0.1, 0.15) is 0 Å². The molecule has 1 heterocycles. The Balaban J connectivity index is 2.64. The van der Waals surface area contributed by atoms with Gasteiger partial charge in [-0.25, -0.2) is 9.98 Å². The van der Waals surface area contributed by atoms with Crippen molar-refractivity contribution in [3.63, 3.8) is 0 Å². The van der Waals surface area contributed by atoms with Gasteiger partial charge in [-0.2, -0.15) is 0 Å². The lowest BCUT2D eigenvalue weighted by molar-refractivity contribution is 0.396. The van der Waals surface area contributed by atoms with Gasteiger partial charge in [0.2, 0.25) is 5.88 Å². The Morgan fingerprint density at radius 2 is 2.00 bits per heavy atom. The lowest BCUT2D eigenvalue weighted by Crippen LogP contribution is -2.37. The van der Waals surface area contributed by atoms with Crippen LogP contribution in [0.5, 0.6) is 5.88 Å². The van der Waals surface area contributed by atoms with E-state index in [0.717, 1.165) is 24.7 Å². The third-order valence-corrected chi connectivity index (χ3v) is 2.08. The summed E-state index contributed by atoms with van der Waals surface area (Å²) in [5.74, 6) is 1.42. The van der Waals surface area contributed by atoms with Crippen molar-refractivity contribution in [2.45, 2.75) is 20.4 Å². The number of nitrogens with zero attached hydrogens (tertiary/aromatic N) is 2. The van der Waals surface area contributed by atoms with Gasteiger partial charge >= 0.3 is 0 Å². The molecule has 0 saturated carbocycles. The topological polar surface area (TPSA) is 58.5 Å². The van der Waals surface area contributed by atoms with Crippen molar-refractivity contribution in [3.8, 4) is 5.88 Å². The molecule has 5 nitrogen and oxygen atoms in total. The molecule has 0 aliphatic carbocycles. The van der Waals surface area contributed by atoms with E-state index in [4.69, 9.17) is 4.74 Å². The quantitative estimate of drug-likeness (QED) is 0.595. The minimum atomic E-state index is 0.534. The first-order valence-corrected chi connectivity index (χ1v) is 5.82. The van der Waals surface area contributed by atoms with Gasteiger partial charge in [-0.05, 0) is 19.9 Å². The van der Waals surface area contributed by atoms with E-state index in [0.29, 0.717) is 12.4 Å². The second kappa shape index (κ2) is 7.49. The first-order valence-electron chi connectivity index (χ1n) is 5.82. The Kier molecular flexibility index (Phi) is 5.85. The van der Waals surface area contributed by atoms with Gasteiger partial charge in [0.15, 0.2) is 5.96 Å². The van der Waals surface area contributed by atoms with E-state index in [1.165, 1.54) is 0 Å². The van der Waals surface area contributed by atoms with Crippen molar-refractivity contribution in [2.24, 2.45) is 4.99 Å². The lowest BCUT2D eigenvalue weighted by atomic mass is 10.3. The molecule has 17 heavy (non-hydrogen) atoms. The Morgan fingerprint density at radius 1 is 1.29 bits per heavy atom. The Labute approximate surface area is 102 Å². The molecule has 5 heteroatoms. The van der Waals surface area contributed by atoms with Crippen LogP contribution in [-0.4, -0.2) is 31.1 Å². The highest BCUT2D eigenvalue weighted by atomic mass is 16.5. The van der Waals surface area contributed by atoms with Gasteiger partial charge in [-0.3, -0.25) is 0 Å². The number of hydrogen-bond acceptors (Lipinski definition) is 3. The molecule has 1 rings (SSSR count). The second-order valence-electron chi connectivity index (χ2n) is 3.40. The van der Waals surface area contributed by atoms with Crippen LogP contribution in [-0.2, 0) is 6.54 Å². The smallest absolute Gasteiger partial charge is 0.213 e. The Hall–Kier alpha value is -1.78. The minimum absolute atomic E-state index is 0.534. The summed E-state index contributed by atoms with van der Waals surface area (Å²) in [7, 11) is 1.61. The number of aliphatic imine (C=N–C) groups is 1. The fraction of sp³-hybridized carbons (Fsp3) is 0.500. The maximum atomic E-state index is 5.07. The number of pyridine rings is 1. The zero-order chi connectivity index (χ0) is 12.5. The molecular weight excluding hydrogens is 216 g/mol. The predicted octanol–water partition coefficient (Wildman–Crippen LogP) is 1.17. The Morgan fingerprint density at radius 3 is 2.59 bits per heavy atom. The number of ether oxygens (including phenoxy) is 1. The average molecular weight is 236 g/mol. The predicted molar refractivity (Wildman–Crippen MR) is 69.3 cm³/mol. The second-order valence-corrected chi connectivity index (χ2v) is 3.40. The van der Waals surface area contributed by atoms with Crippen LogP contribution in [0.4, 0.5) is 0 Å². The highest BCUT2D eigenvalue weighted by Gasteiger charge is 1.98. The summed E-state index contributed by atoms with van der Waals surface area (Å²) in [5.41, 5.74) is 0.887. The molecule has 0 saturated heterocycles. The molecule has 0 spiro atoms. The van der Waals surface area contributed by atoms with Crippen molar-refractivity contribution in [1.82, 2.24) is 15.6 Å². The number of aromatic nitrogens is 1. The van der Waals surface area contributed by atoms with Gasteiger partial charge in [0.25, 0.3) is 0 Å². The summed E-state index contributed by atoms with van der Waals surface area (Å²) < 4.78 is 5.07. The summed E-state index contributed by atoms with van der Waals surface area (Å²) in [6.45, 7) is 6.30. The largest absolute Gasteiger partial charge is 0.481 e. The van der Waals surface area contributed by atoms with Crippen LogP contribution in [0.15, 0.2) is 23.2 Å². The van der Waals surface area contributed by atoms with E-state index >= 15 is 0 Å². The van der Waals surface area contributed by atoms with Crippen molar-refractivity contribution in [1.29, 1.82) is 0 Å². The van der Waals surface area contributed by atoms with Crippen LogP contribution in [0, 0.1) is 0 Å². The van der Waals surface area contributed by atoms with Crippen molar-refractivity contribution in [2.75, 3.05) is 20.2 Å². The van der Waals surface area contributed by atoms with Crippen molar-refractivity contribution >= 4 is 5.96 Å². The number of rotatable bonds is 5. The SMILES string of the molecule is CCNC(=NCc1cccc(OC)n1)NCC. The van der Waals surface area contributed by atoms with Gasteiger partial charge in [-0.1, -0.05) is 6.07 Å². The molecule has 0 aliphatic rings. The van der Waals surface area contributed by atoms with Crippen molar-refractivity contribution in [3.05, 3.63) is 23.9 Å². The summed E-state index contributed by atoms with van der Waals surface area (Å²) in [6.07, 6.45) is 0. The van der Waals surface area contributed by atoms with Crippen LogP contribution in [0.25, 0.3) is 0 Å². The molecule has 94 valence electrons. The molecule has 0 radical (unpaired) electrons. The van der Waals surface area contributed by atoms with Gasteiger partial charge in [0.05, 0.1) is 19.3 Å². The van der Waals surface area contributed by atoms with Gasteiger partial charge in [0, 0.05) is 19.2 Å². The molecular formula is C12H20N4O. The van der Waals surface area contributed by atoms with Gasteiger partial charge < -0.3 is 15.4 Å². The minimum Gasteiger partial charge on any atom is -0.481 e. The molecule has 0 amide bonds. The Bertz CT molecular complexity index is 357. The van der Waals surface area contributed by atoms with E-state index in [1.807, 2.05) is 32.0 Å². The fourth-order valence-electron chi connectivity index (χ4n) is 1.33. The van der Waals surface area contributed by atoms with E-state index in [2.05, 4.69) is 20.6 Å². The zero-order valence-corrected chi connectivity index (χ0v) is 10.7. The summed E-state index contributed by atoms with van der Waals surface area (Å²) in [6, 6.07) is 5.67. The molecule has 0 atom stereocenters. The third-order valence-electron chi connectivity index (χ3n) is 2.08. The van der Waals surface area contributed by atoms with Crippen LogP contribution >= 0.6 is 0 Å². The molecule has 1 aromatic rings. The van der Waals surface area contributed by atoms with Crippen LogP contribution in [0.1, 0.15) is 19.5 Å². The average Bonchev–Trinajstić information content (AvgIpc) is 2.37. The summed E-state index contributed by atoms with van der Waals surface area (Å²) >= 11 is 0. The molecule has 0 fully saturated rings. The van der Waals surface area contributed by atoms with E-state index in [1.54, 1.807) is 7.11 Å². The number of guanidine groups is 1. The molecule has 1 aromatic heterocycles. The van der Waals surface area contributed by atoms with Gasteiger partial charge in [-0.15, -0.1) is 0 Å². The van der Waals surface area contributed by atoms with Crippen molar-refractivity contribution < 1.29 is 4.74 Å². The molecule has 2 N–H and O–H groups in total. The number of methoxy groups -OCH3 is 1. The van der Waals surface area contributed by atoms with Crippen LogP contribution in [0.2, 0.25) is 0 Å². The molecule has 0 bridgehead atoms. The fourth-order valence-corrected chi connectivity index (χ4v) is 1.33. The molecule has 0 aliphatic heterocycles. The maximum Gasteiger partial charge on any atom is 0.213 e. The zero-order valence-electron chi connectivity index (χ0n) is 10.7. The molecule has 0 unspecified atom stereocenters. The normalized spacial score (nSPS) is 9.59. The monoisotopic (exact) mass is 236 g/mol. The highest BCUT2D eigenvalue weighted by molar-refractivity contribution is 5.79. The van der Waals surface area contributed by atoms with E-state index in [-0.39, 0.29) is 0 Å². The van der Waals surface area contributed by atoms with E-state index in [9.17, 15) is 0 Å². The number of nitrogens with one attached hydrogen (secondary N) is 2. The first-order chi connectivity index (χ1) is 8.30. The summed E-state index contributed by atoms with van der Waals surface area (Å²) in [5, 5.41) is 6.32. The van der Waals surface area contributed by atoms with E-state index < -0.39 is 0 Å². The number of hydrogen-bond donors (Lipinski definition) is 2.